The van der Waals surface area contributed by atoms with Gasteiger partial charge in [-0.2, -0.15) is 0 Å². The van der Waals surface area contributed by atoms with Gasteiger partial charge in [0.15, 0.2) is 0 Å². The lowest BCUT2D eigenvalue weighted by atomic mass is 9.97. The number of likely N-dealkylation sites (tertiary alicyclic amines) is 1. The number of aliphatic hydroxyl groups is 1. The van der Waals surface area contributed by atoms with Crippen molar-refractivity contribution in [1.82, 2.24) is 4.90 Å². The zero-order valence-corrected chi connectivity index (χ0v) is 12.2. The molecule has 1 saturated heterocycles. The van der Waals surface area contributed by atoms with Gasteiger partial charge in [0.25, 0.3) is 5.91 Å². The number of hydrogen-bond acceptors (Lipinski definition) is 2. The molecular formula is C15H20ClNO2. The van der Waals surface area contributed by atoms with E-state index in [1.807, 2.05) is 30.9 Å². The number of aryl methyl sites for hydroxylation is 2. The molecule has 1 aromatic rings. The molecule has 0 bridgehead atoms. The van der Waals surface area contributed by atoms with Crippen LogP contribution in [-0.4, -0.2) is 35.6 Å². The van der Waals surface area contributed by atoms with Crippen LogP contribution in [-0.2, 0) is 0 Å². The maximum Gasteiger partial charge on any atom is 0.255 e. The molecule has 1 aliphatic rings. The van der Waals surface area contributed by atoms with E-state index in [2.05, 4.69) is 0 Å². The third kappa shape index (κ3) is 3.10. The van der Waals surface area contributed by atoms with Gasteiger partial charge < -0.3 is 10.0 Å². The molecule has 1 N–H and O–H groups in total. The molecule has 0 saturated carbocycles. The van der Waals surface area contributed by atoms with Crippen LogP contribution in [0.2, 0.25) is 5.02 Å². The van der Waals surface area contributed by atoms with E-state index in [9.17, 15) is 4.79 Å². The van der Waals surface area contributed by atoms with Crippen molar-refractivity contribution >= 4 is 17.5 Å². The van der Waals surface area contributed by atoms with Crippen LogP contribution in [0, 0.1) is 19.8 Å². The minimum Gasteiger partial charge on any atom is -0.396 e. The zero-order chi connectivity index (χ0) is 14.0. The van der Waals surface area contributed by atoms with Crippen molar-refractivity contribution in [2.75, 3.05) is 19.7 Å². The fourth-order valence-electron chi connectivity index (χ4n) is 2.43. The van der Waals surface area contributed by atoms with Gasteiger partial charge in [-0.1, -0.05) is 11.6 Å². The third-order valence-electron chi connectivity index (χ3n) is 3.97. The highest BCUT2D eigenvalue weighted by molar-refractivity contribution is 6.33. The number of hydrogen-bond donors (Lipinski definition) is 1. The minimum absolute atomic E-state index is 0.00416. The summed E-state index contributed by atoms with van der Waals surface area (Å²) >= 11 is 6.18. The highest BCUT2D eigenvalue weighted by Gasteiger charge is 2.24. The molecule has 2 rings (SSSR count). The Morgan fingerprint density at radius 3 is 2.47 bits per heavy atom. The first-order chi connectivity index (χ1) is 9.02. The Balaban J connectivity index is 2.14. The van der Waals surface area contributed by atoms with E-state index in [1.165, 1.54) is 0 Å². The number of carbonyl (C=O) groups excluding carboxylic acids is 1. The SMILES string of the molecule is Cc1cc(Cl)c(C(=O)N2CCC(CO)CC2)cc1C. The van der Waals surface area contributed by atoms with E-state index in [-0.39, 0.29) is 12.5 Å². The first-order valence-corrected chi connectivity index (χ1v) is 7.07. The Kier molecular flexibility index (Phi) is 4.48. The normalized spacial score (nSPS) is 16.7. The molecule has 1 aliphatic heterocycles. The fourth-order valence-corrected chi connectivity index (χ4v) is 2.73. The highest BCUT2D eigenvalue weighted by atomic mass is 35.5. The van der Waals surface area contributed by atoms with Gasteiger partial charge in [-0.25, -0.2) is 0 Å². The first kappa shape index (κ1) is 14.4. The Bertz CT molecular complexity index is 479. The predicted molar refractivity (Wildman–Crippen MR) is 76.6 cm³/mol. The number of aliphatic hydroxyl groups excluding tert-OH is 1. The van der Waals surface area contributed by atoms with Crippen molar-refractivity contribution in [3.63, 3.8) is 0 Å². The number of piperidine rings is 1. The summed E-state index contributed by atoms with van der Waals surface area (Å²) in [4.78, 5) is 14.3. The molecule has 19 heavy (non-hydrogen) atoms. The van der Waals surface area contributed by atoms with Crippen LogP contribution in [0.1, 0.15) is 34.3 Å². The molecule has 1 aromatic carbocycles. The van der Waals surface area contributed by atoms with Crippen LogP contribution in [0.15, 0.2) is 12.1 Å². The molecule has 0 aromatic heterocycles. The number of carbonyl (C=O) groups is 1. The van der Waals surface area contributed by atoms with Crippen LogP contribution in [0.25, 0.3) is 0 Å². The van der Waals surface area contributed by atoms with Crippen LogP contribution in [0.4, 0.5) is 0 Å². The average molecular weight is 282 g/mol. The topological polar surface area (TPSA) is 40.5 Å². The summed E-state index contributed by atoms with van der Waals surface area (Å²) in [6, 6.07) is 3.72. The predicted octanol–water partition coefficient (Wildman–Crippen LogP) is 2.80. The zero-order valence-electron chi connectivity index (χ0n) is 11.4. The molecule has 1 fully saturated rings. The molecule has 0 spiro atoms. The van der Waals surface area contributed by atoms with E-state index in [0.717, 1.165) is 24.0 Å². The maximum absolute atomic E-state index is 12.5. The van der Waals surface area contributed by atoms with Crippen LogP contribution in [0.5, 0.6) is 0 Å². The second-order valence-electron chi connectivity index (χ2n) is 5.33. The quantitative estimate of drug-likeness (QED) is 0.906. The van der Waals surface area contributed by atoms with Gasteiger partial charge in [-0.05, 0) is 55.9 Å². The summed E-state index contributed by atoms with van der Waals surface area (Å²) in [5.41, 5.74) is 2.77. The highest BCUT2D eigenvalue weighted by Crippen LogP contribution is 2.24. The van der Waals surface area contributed by atoms with Gasteiger partial charge >= 0.3 is 0 Å². The molecule has 1 heterocycles. The summed E-state index contributed by atoms with van der Waals surface area (Å²) < 4.78 is 0. The lowest BCUT2D eigenvalue weighted by molar-refractivity contribution is 0.0651. The molecule has 0 atom stereocenters. The third-order valence-corrected chi connectivity index (χ3v) is 4.29. The van der Waals surface area contributed by atoms with Crippen LogP contribution >= 0.6 is 11.6 Å². The molecule has 104 valence electrons. The summed E-state index contributed by atoms with van der Waals surface area (Å²) in [5.74, 6) is 0.337. The van der Waals surface area contributed by atoms with Crippen molar-refractivity contribution in [3.05, 3.63) is 33.8 Å². The van der Waals surface area contributed by atoms with Crippen molar-refractivity contribution in [1.29, 1.82) is 0 Å². The number of rotatable bonds is 2. The van der Waals surface area contributed by atoms with Crippen molar-refractivity contribution in [2.45, 2.75) is 26.7 Å². The Morgan fingerprint density at radius 2 is 1.89 bits per heavy atom. The molecule has 1 amide bonds. The monoisotopic (exact) mass is 281 g/mol. The first-order valence-electron chi connectivity index (χ1n) is 6.69. The van der Waals surface area contributed by atoms with Crippen LogP contribution < -0.4 is 0 Å². The largest absolute Gasteiger partial charge is 0.396 e. The summed E-state index contributed by atoms with van der Waals surface area (Å²) in [6.07, 6.45) is 1.73. The van der Waals surface area contributed by atoms with Crippen molar-refractivity contribution in [2.24, 2.45) is 5.92 Å². The van der Waals surface area contributed by atoms with Crippen LogP contribution in [0.3, 0.4) is 0 Å². The summed E-state index contributed by atoms with van der Waals surface area (Å²) in [6.45, 7) is 5.59. The van der Waals surface area contributed by atoms with Gasteiger partial charge in [-0.3, -0.25) is 4.79 Å². The molecule has 0 radical (unpaired) electrons. The second-order valence-corrected chi connectivity index (χ2v) is 5.74. The smallest absolute Gasteiger partial charge is 0.255 e. The Morgan fingerprint density at radius 1 is 1.32 bits per heavy atom. The average Bonchev–Trinajstić information content (AvgIpc) is 2.42. The van der Waals surface area contributed by atoms with E-state index < -0.39 is 0 Å². The molecule has 0 unspecified atom stereocenters. The maximum atomic E-state index is 12.5. The second kappa shape index (κ2) is 5.93. The van der Waals surface area contributed by atoms with Gasteiger partial charge in [0.2, 0.25) is 0 Å². The van der Waals surface area contributed by atoms with Gasteiger partial charge in [-0.15, -0.1) is 0 Å². The van der Waals surface area contributed by atoms with Gasteiger partial charge in [0.1, 0.15) is 0 Å². The van der Waals surface area contributed by atoms with Gasteiger partial charge in [0.05, 0.1) is 10.6 Å². The van der Waals surface area contributed by atoms with Crippen molar-refractivity contribution in [3.8, 4) is 0 Å². The van der Waals surface area contributed by atoms with E-state index >= 15 is 0 Å². The van der Waals surface area contributed by atoms with Crippen molar-refractivity contribution < 1.29 is 9.90 Å². The number of halogens is 1. The van der Waals surface area contributed by atoms with E-state index in [0.29, 0.717) is 29.6 Å². The lowest BCUT2D eigenvalue weighted by Crippen LogP contribution is -2.39. The lowest BCUT2D eigenvalue weighted by Gasteiger charge is -2.31. The molecular weight excluding hydrogens is 262 g/mol. The number of nitrogens with zero attached hydrogens (tertiary/aromatic N) is 1. The molecule has 4 heteroatoms. The van der Waals surface area contributed by atoms with E-state index in [1.54, 1.807) is 0 Å². The molecule has 3 nitrogen and oxygen atoms in total. The Labute approximate surface area is 119 Å². The van der Waals surface area contributed by atoms with Gasteiger partial charge in [0, 0.05) is 19.7 Å². The standard InChI is InChI=1S/C15H20ClNO2/c1-10-7-13(14(16)8-11(10)2)15(19)17-5-3-12(9-18)4-6-17/h7-8,12,18H,3-6,9H2,1-2H3. The molecule has 0 aliphatic carbocycles. The number of amides is 1. The van der Waals surface area contributed by atoms with E-state index in [4.69, 9.17) is 16.7 Å². The Hall–Kier alpha value is -1.06. The summed E-state index contributed by atoms with van der Waals surface area (Å²) in [7, 11) is 0. The number of benzene rings is 1. The minimum atomic E-state index is 0.00416. The fraction of sp³-hybridized carbons (Fsp3) is 0.533. The summed E-state index contributed by atoms with van der Waals surface area (Å²) in [5, 5.41) is 9.64.